The van der Waals surface area contributed by atoms with Gasteiger partial charge < -0.3 is 5.32 Å². The summed E-state index contributed by atoms with van der Waals surface area (Å²) in [5, 5.41) is 4.90. The number of benzene rings is 1. The van der Waals surface area contributed by atoms with Crippen LogP contribution in [0.3, 0.4) is 0 Å². The van der Waals surface area contributed by atoms with Crippen LogP contribution in [0.15, 0.2) is 46.7 Å². The normalized spacial score (nSPS) is 14.7. The van der Waals surface area contributed by atoms with Gasteiger partial charge in [0, 0.05) is 6.04 Å². The SMILES string of the molecule is O=C(NC1CC1)c1ccsc1NS(=O)(=O)c1ccccc1. The van der Waals surface area contributed by atoms with Gasteiger partial charge in [0.1, 0.15) is 5.00 Å². The van der Waals surface area contributed by atoms with E-state index in [4.69, 9.17) is 0 Å². The third-order valence-corrected chi connectivity index (χ3v) is 5.43. The number of hydrogen-bond donors (Lipinski definition) is 2. The summed E-state index contributed by atoms with van der Waals surface area (Å²) in [6.07, 6.45) is 1.97. The highest BCUT2D eigenvalue weighted by molar-refractivity contribution is 7.93. The fraction of sp³-hybridized carbons (Fsp3) is 0.214. The monoisotopic (exact) mass is 322 g/mol. The van der Waals surface area contributed by atoms with Crippen molar-refractivity contribution in [3.8, 4) is 0 Å². The number of carbonyl (C=O) groups excluding carboxylic acids is 1. The number of thiophene rings is 1. The summed E-state index contributed by atoms with van der Waals surface area (Å²) in [4.78, 5) is 12.2. The first kappa shape index (κ1) is 14.1. The predicted octanol–water partition coefficient (Wildman–Crippen LogP) is 2.44. The van der Waals surface area contributed by atoms with Crippen molar-refractivity contribution < 1.29 is 13.2 Å². The Kier molecular flexibility index (Phi) is 3.69. The molecule has 0 spiro atoms. The molecule has 2 aromatic rings. The number of amides is 1. The summed E-state index contributed by atoms with van der Waals surface area (Å²) < 4.78 is 27.0. The average Bonchev–Trinajstić information content (AvgIpc) is 3.16. The zero-order valence-corrected chi connectivity index (χ0v) is 12.7. The second kappa shape index (κ2) is 5.50. The molecule has 2 N–H and O–H groups in total. The highest BCUT2D eigenvalue weighted by Gasteiger charge is 2.26. The van der Waals surface area contributed by atoms with Crippen molar-refractivity contribution in [3.05, 3.63) is 47.3 Å². The molecule has 110 valence electrons. The van der Waals surface area contributed by atoms with E-state index in [-0.39, 0.29) is 16.8 Å². The van der Waals surface area contributed by atoms with Crippen molar-refractivity contribution in [1.82, 2.24) is 5.32 Å². The molecule has 0 bridgehead atoms. The molecule has 1 aromatic heterocycles. The van der Waals surface area contributed by atoms with E-state index in [2.05, 4.69) is 10.0 Å². The fourth-order valence-electron chi connectivity index (χ4n) is 1.84. The summed E-state index contributed by atoms with van der Waals surface area (Å²) in [6.45, 7) is 0. The van der Waals surface area contributed by atoms with Gasteiger partial charge in [-0.2, -0.15) is 0 Å². The third kappa shape index (κ3) is 3.25. The summed E-state index contributed by atoms with van der Waals surface area (Å²) in [5.41, 5.74) is 0.367. The Morgan fingerprint density at radius 3 is 2.52 bits per heavy atom. The van der Waals surface area contributed by atoms with Crippen molar-refractivity contribution in [1.29, 1.82) is 0 Å². The molecule has 0 saturated heterocycles. The van der Waals surface area contributed by atoms with Crippen LogP contribution >= 0.6 is 11.3 Å². The van der Waals surface area contributed by atoms with Crippen molar-refractivity contribution in [3.63, 3.8) is 0 Å². The maximum absolute atomic E-state index is 12.3. The largest absolute Gasteiger partial charge is 0.349 e. The molecule has 1 heterocycles. The van der Waals surface area contributed by atoms with Gasteiger partial charge in [-0.05, 0) is 36.4 Å². The molecular weight excluding hydrogens is 308 g/mol. The predicted molar refractivity (Wildman–Crippen MR) is 82.1 cm³/mol. The Morgan fingerprint density at radius 1 is 1.14 bits per heavy atom. The average molecular weight is 322 g/mol. The Morgan fingerprint density at radius 2 is 1.86 bits per heavy atom. The molecule has 1 saturated carbocycles. The van der Waals surface area contributed by atoms with Crippen LogP contribution in [0.4, 0.5) is 5.00 Å². The van der Waals surface area contributed by atoms with Crippen molar-refractivity contribution in [2.45, 2.75) is 23.8 Å². The second-order valence-corrected chi connectivity index (χ2v) is 7.43. The molecule has 5 nitrogen and oxygen atoms in total. The van der Waals surface area contributed by atoms with E-state index in [1.807, 2.05) is 0 Å². The van der Waals surface area contributed by atoms with Gasteiger partial charge in [0.05, 0.1) is 10.5 Å². The van der Waals surface area contributed by atoms with Crippen LogP contribution in [-0.4, -0.2) is 20.4 Å². The first-order chi connectivity index (χ1) is 10.1. The van der Waals surface area contributed by atoms with Gasteiger partial charge in [-0.3, -0.25) is 9.52 Å². The van der Waals surface area contributed by atoms with Gasteiger partial charge in [0.2, 0.25) is 0 Å². The van der Waals surface area contributed by atoms with E-state index >= 15 is 0 Å². The van der Waals surface area contributed by atoms with Gasteiger partial charge in [-0.25, -0.2) is 8.42 Å². The summed E-state index contributed by atoms with van der Waals surface area (Å²) in [6, 6.07) is 9.95. The van der Waals surface area contributed by atoms with Gasteiger partial charge >= 0.3 is 0 Å². The molecule has 1 aliphatic rings. The summed E-state index contributed by atoms with van der Waals surface area (Å²) in [7, 11) is -3.67. The molecule has 7 heteroatoms. The molecular formula is C14H14N2O3S2. The number of anilines is 1. The molecule has 0 atom stereocenters. The summed E-state index contributed by atoms with van der Waals surface area (Å²) in [5.74, 6) is -0.232. The molecule has 3 rings (SSSR count). The Labute approximate surface area is 127 Å². The van der Waals surface area contributed by atoms with E-state index in [0.717, 1.165) is 12.8 Å². The van der Waals surface area contributed by atoms with E-state index < -0.39 is 10.0 Å². The van der Waals surface area contributed by atoms with E-state index in [0.29, 0.717) is 10.6 Å². The second-order valence-electron chi connectivity index (χ2n) is 4.83. The maximum Gasteiger partial charge on any atom is 0.262 e. The lowest BCUT2D eigenvalue weighted by Gasteiger charge is -2.08. The van der Waals surface area contributed by atoms with Crippen LogP contribution < -0.4 is 10.0 Å². The Bertz CT molecular complexity index is 750. The molecule has 0 unspecified atom stereocenters. The number of hydrogen-bond acceptors (Lipinski definition) is 4. The van der Waals surface area contributed by atoms with Gasteiger partial charge in [0.15, 0.2) is 0 Å². The Hall–Kier alpha value is -1.86. The van der Waals surface area contributed by atoms with E-state index in [1.54, 1.807) is 29.6 Å². The molecule has 1 fully saturated rings. The van der Waals surface area contributed by atoms with E-state index in [9.17, 15) is 13.2 Å². The highest BCUT2D eigenvalue weighted by atomic mass is 32.2. The van der Waals surface area contributed by atoms with Gasteiger partial charge in [0.25, 0.3) is 15.9 Å². The van der Waals surface area contributed by atoms with E-state index in [1.165, 1.54) is 23.5 Å². The molecule has 1 amide bonds. The quantitative estimate of drug-likeness (QED) is 0.888. The lowest BCUT2D eigenvalue weighted by Crippen LogP contribution is -2.26. The zero-order chi connectivity index (χ0) is 14.9. The van der Waals surface area contributed by atoms with Crippen LogP contribution in [-0.2, 0) is 10.0 Å². The molecule has 0 radical (unpaired) electrons. The van der Waals surface area contributed by atoms with Crippen LogP contribution in [0.25, 0.3) is 0 Å². The highest BCUT2D eigenvalue weighted by Crippen LogP contribution is 2.27. The third-order valence-electron chi connectivity index (χ3n) is 3.10. The fourth-order valence-corrected chi connectivity index (χ4v) is 3.98. The van der Waals surface area contributed by atoms with Crippen molar-refractivity contribution >= 4 is 32.3 Å². The van der Waals surface area contributed by atoms with Crippen LogP contribution in [0.5, 0.6) is 0 Å². The topological polar surface area (TPSA) is 75.3 Å². The number of nitrogens with one attached hydrogen (secondary N) is 2. The molecule has 0 aliphatic heterocycles. The van der Waals surface area contributed by atoms with Gasteiger partial charge in [-0.15, -0.1) is 11.3 Å². The molecule has 21 heavy (non-hydrogen) atoms. The van der Waals surface area contributed by atoms with Crippen molar-refractivity contribution in [2.24, 2.45) is 0 Å². The standard InChI is InChI=1S/C14H14N2O3S2/c17-13(15-10-6-7-10)12-8-9-20-14(12)16-21(18,19)11-4-2-1-3-5-11/h1-5,8-10,16H,6-7H2,(H,15,17). The number of rotatable bonds is 5. The minimum absolute atomic E-state index is 0.173. The molecule has 1 aliphatic carbocycles. The first-order valence-corrected chi connectivity index (χ1v) is 8.89. The maximum atomic E-state index is 12.3. The first-order valence-electron chi connectivity index (χ1n) is 6.52. The Balaban J connectivity index is 1.82. The lowest BCUT2D eigenvalue weighted by molar-refractivity contribution is 0.0952. The zero-order valence-electron chi connectivity index (χ0n) is 11.1. The van der Waals surface area contributed by atoms with Crippen LogP contribution in [0.2, 0.25) is 0 Å². The van der Waals surface area contributed by atoms with Crippen LogP contribution in [0.1, 0.15) is 23.2 Å². The smallest absolute Gasteiger partial charge is 0.262 e. The van der Waals surface area contributed by atoms with Gasteiger partial charge in [-0.1, -0.05) is 18.2 Å². The summed E-state index contributed by atoms with van der Waals surface area (Å²) >= 11 is 1.20. The number of sulfonamides is 1. The minimum atomic E-state index is -3.67. The minimum Gasteiger partial charge on any atom is -0.349 e. The molecule has 1 aromatic carbocycles. The van der Waals surface area contributed by atoms with Crippen LogP contribution in [0, 0.1) is 0 Å². The lowest BCUT2D eigenvalue weighted by atomic mass is 10.3. The number of carbonyl (C=O) groups is 1. The van der Waals surface area contributed by atoms with Crippen molar-refractivity contribution in [2.75, 3.05) is 4.72 Å².